The molecule has 1 rings (SSSR count). The third-order valence-corrected chi connectivity index (χ3v) is 3.37. The number of unbranched alkanes of at least 4 members (excludes halogenated alkanes) is 3. The van der Waals surface area contributed by atoms with Crippen molar-refractivity contribution in [1.82, 2.24) is 4.72 Å². The molecule has 1 N–H and O–H groups in total. The van der Waals surface area contributed by atoms with Crippen molar-refractivity contribution in [3.05, 3.63) is 12.2 Å². The molecule has 0 amide bonds. The van der Waals surface area contributed by atoms with Crippen LogP contribution in [0.1, 0.15) is 39.0 Å². The monoisotopic (exact) mass is 233 g/mol. The zero-order chi connectivity index (χ0) is 11.1. The molecule has 15 heavy (non-hydrogen) atoms. The van der Waals surface area contributed by atoms with Gasteiger partial charge in [-0.25, -0.2) is 0 Å². The van der Waals surface area contributed by atoms with Crippen LogP contribution < -0.4 is 4.72 Å². The van der Waals surface area contributed by atoms with Gasteiger partial charge in [0.05, 0.1) is 6.61 Å². The van der Waals surface area contributed by atoms with Crippen molar-refractivity contribution in [3.8, 4) is 0 Å². The van der Waals surface area contributed by atoms with E-state index in [4.69, 9.17) is 0 Å². The molecule has 0 spiro atoms. The van der Waals surface area contributed by atoms with Crippen LogP contribution in [-0.4, -0.2) is 21.1 Å². The highest BCUT2D eigenvalue weighted by molar-refractivity contribution is 7.84. The molecular formula is C10H19NO3S. The molecule has 0 aromatic carbocycles. The summed E-state index contributed by atoms with van der Waals surface area (Å²) in [4.78, 5) is 0. The SMILES string of the molecule is CCCCC/C=C/[C@H]1CCOS(=O)(=O)N1. The van der Waals surface area contributed by atoms with Gasteiger partial charge in [-0.05, 0) is 19.3 Å². The Morgan fingerprint density at radius 3 is 2.93 bits per heavy atom. The summed E-state index contributed by atoms with van der Waals surface area (Å²) in [7, 11) is -3.48. The molecule has 1 aliphatic heterocycles. The Kier molecular flexibility index (Phi) is 5.28. The molecule has 1 atom stereocenters. The van der Waals surface area contributed by atoms with E-state index in [0.717, 1.165) is 6.42 Å². The van der Waals surface area contributed by atoms with Gasteiger partial charge in [-0.3, -0.25) is 4.18 Å². The molecule has 1 fully saturated rings. The van der Waals surface area contributed by atoms with E-state index in [-0.39, 0.29) is 12.6 Å². The molecular weight excluding hydrogens is 214 g/mol. The third-order valence-electron chi connectivity index (χ3n) is 2.31. The Hall–Kier alpha value is -0.390. The Morgan fingerprint density at radius 2 is 2.27 bits per heavy atom. The normalized spacial score (nSPS) is 25.8. The van der Waals surface area contributed by atoms with Gasteiger partial charge in [0.1, 0.15) is 0 Å². The van der Waals surface area contributed by atoms with E-state index in [0.29, 0.717) is 6.42 Å². The van der Waals surface area contributed by atoms with Crippen LogP contribution in [0.3, 0.4) is 0 Å². The van der Waals surface area contributed by atoms with Crippen molar-refractivity contribution in [3.63, 3.8) is 0 Å². The number of hydrogen-bond acceptors (Lipinski definition) is 3. The molecule has 0 aliphatic carbocycles. The second kappa shape index (κ2) is 6.25. The number of allylic oxidation sites excluding steroid dienone is 1. The Balaban J connectivity index is 2.26. The van der Waals surface area contributed by atoms with Crippen molar-refractivity contribution in [2.45, 2.75) is 45.1 Å². The second-order valence-corrected chi connectivity index (χ2v) is 5.09. The lowest BCUT2D eigenvalue weighted by Crippen LogP contribution is -2.40. The predicted octanol–water partition coefficient (Wildman–Crippen LogP) is 1.75. The van der Waals surface area contributed by atoms with Gasteiger partial charge >= 0.3 is 10.3 Å². The van der Waals surface area contributed by atoms with Crippen LogP contribution in [0.25, 0.3) is 0 Å². The fraction of sp³-hybridized carbons (Fsp3) is 0.800. The van der Waals surface area contributed by atoms with Gasteiger partial charge in [0, 0.05) is 6.04 Å². The molecule has 4 nitrogen and oxygen atoms in total. The molecule has 0 aromatic heterocycles. The lowest BCUT2D eigenvalue weighted by molar-refractivity contribution is 0.269. The fourth-order valence-corrected chi connectivity index (χ4v) is 2.42. The first-order chi connectivity index (χ1) is 7.14. The van der Waals surface area contributed by atoms with E-state index in [1.165, 1.54) is 19.3 Å². The highest BCUT2D eigenvalue weighted by atomic mass is 32.2. The predicted molar refractivity (Wildman–Crippen MR) is 59.7 cm³/mol. The standard InChI is InChI=1S/C10H19NO3S/c1-2-3-4-5-6-7-10-8-9-14-15(12,13)11-10/h6-7,10-11H,2-5,8-9H2,1H3/b7-6+/t10-/m0/s1. The van der Waals surface area contributed by atoms with Gasteiger partial charge in [0.2, 0.25) is 0 Å². The summed E-state index contributed by atoms with van der Waals surface area (Å²) in [5.74, 6) is 0. The first kappa shape index (κ1) is 12.7. The summed E-state index contributed by atoms with van der Waals surface area (Å²) < 4.78 is 29.1. The molecule has 0 unspecified atom stereocenters. The van der Waals surface area contributed by atoms with Gasteiger partial charge in [-0.1, -0.05) is 31.9 Å². The Bertz CT molecular complexity index is 298. The van der Waals surface area contributed by atoms with Crippen molar-refractivity contribution < 1.29 is 12.6 Å². The molecule has 0 aromatic rings. The molecule has 5 heteroatoms. The number of nitrogens with one attached hydrogen (secondary N) is 1. The minimum absolute atomic E-state index is 0.0922. The maximum Gasteiger partial charge on any atom is 0.336 e. The van der Waals surface area contributed by atoms with Crippen LogP contribution in [0.15, 0.2) is 12.2 Å². The first-order valence-electron chi connectivity index (χ1n) is 5.47. The highest BCUT2D eigenvalue weighted by Crippen LogP contribution is 2.08. The molecule has 1 heterocycles. The van der Waals surface area contributed by atoms with Crippen molar-refractivity contribution >= 4 is 10.3 Å². The summed E-state index contributed by atoms with van der Waals surface area (Å²) in [5, 5.41) is 0. The molecule has 0 saturated carbocycles. The summed E-state index contributed by atoms with van der Waals surface area (Å²) in [6.45, 7) is 2.44. The van der Waals surface area contributed by atoms with Crippen LogP contribution in [-0.2, 0) is 14.5 Å². The molecule has 0 radical (unpaired) electrons. The smallest absolute Gasteiger partial charge is 0.258 e. The third kappa shape index (κ3) is 5.30. The van der Waals surface area contributed by atoms with Gasteiger partial charge in [0.25, 0.3) is 0 Å². The fourth-order valence-electron chi connectivity index (χ4n) is 1.47. The summed E-state index contributed by atoms with van der Waals surface area (Å²) in [6.07, 6.45) is 9.31. The summed E-state index contributed by atoms with van der Waals surface area (Å²) in [6, 6.07) is -0.0922. The Labute approximate surface area is 92.0 Å². The van der Waals surface area contributed by atoms with E-state index in [1.54, 1.807) is 0 Å². The van der Waals surface area contributed by atoms with Crippen LogP contribution in [0.5, 0.6) is 0 Å². The van der Waals surface area contributed by atoms with Crippen molar-refractivity contribution in [2.75, 3.05) is 6.61 Å². The largest absolute Gasteiger partial charge is 0.336 e. The number of rotatable bonds is 5. The molecule has 0 bridgehead atoms. The summed E-state index contributed by atoms with van der Waals surface area (Å²) >= 11 is 0. The number of hydrogen-bond donors (Lipinski definition) is 1. The average Bonchev–Trinajstić information content (AvgIpc) is 2.16. The summed E-state index contributed by atoms with van der Waals surface area (Å²) in [5.41, 5.74) is 0. The van der Waals surface area contributed by atoms with E-state index < -0.39 is 10.3 Å². The lowest BCUT2D eigenvalue weighted by atomic mass is 10.1. The van der Waals surface area contributed by atoms with Gasteiger partial charge in [0.15, 0.2) is 0 Å². The molecule has 88 valence electrons. The van der Waals surface area contributed by atoms with E-state index in [2.05, 4.69) is 15.8 Å². The van der Waals surface area contributed by atoms with Crippen molar-refractivity contribution in [1.29, 1.82) is 0 Å². The quantitative estimate of drug-likeness (QED) is 0.581. The van der Waals surface area contributed by atoms with E-state index in [1.807, 2.05) is 12.2 Å². The van der Waals surface area contributed by atoms with Crippen molar-refractivity contribution in [2.24, 2.45) is 0 Å². The maximum atomic E-state index is 11.0. The minimum atomic E-state index is -3.48. The van der Waals surface area contributed by atoms with E-state index >= 15 is 0 Å². The van der Waals surface area contributed by atoms with Gasteiger partial charge < -0.3 is 0 Å². The minimum Gasteiger partial charge on any atom is -0.258 e. The van der Waals surface area contributed by atoms with Crippen LogP contribution >= 0.6 is 0 Å². The average molecular weight is 233 g/mol. The van der Waals surface area contributed by atoms with Crippen LogP contribution in [0.4, 0.5) is 0 Å². The van der Waals surface area contributed by atoms with Crippen LogP contribution in [0, 0.1) is 0 Å². The van der Waals surface area contributed by atoms with Gasteiger partial charge in [-0.15, -0.1) is 0 Å². The second-order valence-electron chi connectivity index (χ2n) is 3.71. The van der Waals surface area contributed by atoms with Gasteiger partial charge in [-0.2, -0.15) is 13.1 Å². The molecule has 1 aliphatic rings. The van der Waals surface area contributed by atoms with E-state index in [9.17, 15) is 8.42 Å². The van der Waals surface area contributed by atoms with Crippen LogP contribution in [0.2, 0.25) is 0 Å². The lowest BCUT2D eigenvalue weighted by Gasteiger charge is -2.20. The first-order valence-corrected chi connectivity index (χ1v) is 6.88. The topological polar surface area (TPSA) is 55.4 Å². The maximum absolute atomic E-state index is 11.0. The Morgan fingerprint density at radius 1 is 1.47 bits per heavy atom. The molecule has 1 saturated heterocycles. The zero-order valence-electron chi connectivity index (χ0n) is 9.11. The highest BCUT2D eigenvalue weighted by Gasteiger charge is 2.21. The zero-order valence-corrected chi connectivity index (χ0v) is 9.92.